The first-order valence-corrected chi connectivity index (χ1v) is 10.5. The topological polar surface area (TPSA) is 88.8 Å². The summed E-state index contributed by atoms with van der Waals surface area (Å²) in [6, 6.07) is 8.24. The SMILES string of the molecule is COc1cc(C)ccc1S(=O)(=O)NC(=O)c1cc2c(F)cc(N3CC(F)C3)cc2o1. The van der Waals surface area contributed by atoms with Gasteiger partial charge in [0, 0.05) is 17.8 Å². The lowest BCUT2D eigenvalue weighted by Gasteiger charge is -2.36. The van der Waals surface area contributed by atoms with E-state index in [1.807, 2.05) is 4.72 Å². The van der Waals surface area contributed by atoms with Crippen LogP contribution in [0.15, 0.2) is 45.7 Å². The lowest BCUT2D eigenvalue weighted by molar-refractivity contribution is 0.0956. The molecule has 0 aliphatic carbocycles. The highest BCUT2D eigenvalue weighted by Gasteiger charge is 2.28. The number of methoxy groups -OCH3 is 1. The third kappa shape index (κ3) is 3.58. The van der Waals surface area contributed by atoms with Crippen LogP contribution in [0.5, 0.6) is 5.75 Å². The van der Waals surface area contributed by atoms with Crippen LogP contribution in [0.3, 0.4) is 0 Å². The van der Waals surface area contributed by atoms with Crippen molar-refractivity contribution in [2.45, 2.75) is 18.0 Å². The van der Waals surface area contributed by atoms with Gasteiger partial charge in [0.1, 0.15) is 28.2 Å². The van der Waals surface area contributed by atoms with Gasteiger partial charge in [0.15, 0.2) is 5.76 Å². The maximum Gasteiger partial charge on any atom is 0.300 e. The number of fused-ring (bicyclic) bond motifs is 1. The molecule has 0 saturated carbocycles. The maximum atomic E-state index is 14.4. The van der Waals surface area contributed by atoms with Crippen LogP contribution in [-0.2, 0) is 10.0 Å². The Bertz CT molecular complexity index is 1250. The Morgan fingerprint density at radius 3 is 2.63 bits per heavy atom. The second-order valence-corrected chi connectivity index (χ2v) is 8.69. The summed E-state index contributed by atoms with van der Waals surface area (Å²) >= 11 is 0. The van der Waals surface area contributed by atoms with Crippen molar-refractivity contribution in [3.63, 3.8) is 0 Å². The number of furan rings is 1. The zero-order valence-electron chi connectivity index (χ0n) is 16.1. The third-order valence-corrected chi connectivity index (χ3v) is 6.20. The summed E-state index contributed by atoms with van der Waals surface area (Å²) in [7, 11) is -2.95. The van der Waals surface area contributed by atoms with Crippen LogP contribution in [0, 0.1) is 12.7 Å². The molecule has 1 aliphatic heterocycles. The number of carbonyl (C=O) groups excluding carboxylic acids is 1. The Labute approximate surface area is 171 Å². The highest BCUT2D eigenvalue weighted by atomic mass is 32.2. The van der Waals surface area contributed by atoms with Crippen molar-refractivity contribution in [1.29, 1.82) is 0 Å². The van der Waals surface area contributed by atoms with Crippen LogP contribution < -0.4 is 14.4 Å². The fourth-order valence-electron chi connectivity index (χ4n) is 3.24. The molecular weight excluding hydrogens is 418 g/mol. The number of amides is 1. The molecule has 0 unspecified atom stereocenters. The lowest BCUT2D eigenvalue weighted by atomic mass is 10.1. The molecule has 1 aromatic heterocycles. The van der Waals surface area contributed by atoms with Gasteiger partial charge in [0.2, 0.25) is 0 Å². The molecule has 10 heteroatoms. The van der Waals surface area contributed by atoms with E-state index in [2.05, 4.69) is 0 Å². The van der Waals surface area contributed by atoms with Crippen LogP contribution in [0.1, 0.15) is 16.1 Å². The van der Waals surface area contributed by atoms with Crippen LogP contribution in [0.25, 0.3) is 11.0 Å². The zero-order chi connectivity index (χ0) is 21.6. The van der Waals surface area contributed by atoms with Crippen molar-refractivity contribution in [3.05, 3.63) is 53.5 Å². The number of halogens is 2. The largest absolute Gasteiger partial charge is 0.495 e. The molecule has 0 spiro atoms. The molecule has 2 heterocycles. The number of ether oxygens (including phenoxy) is 1. The van der Waals surface area contributed by atoms with E-state index < -0.39 is 27.9 Å². The number of hydrogen-bond acceptors (Lipinski definition) is 6. The predicted molar refractivity (Wildman–Crippen MR) is 106 cm³/mol. The van der Waals surface area contributed by atoms with Gasteiger partial charge in [0.25, 0.3) is 10.0 Å². The molecular formula is C20H18F2N2O5S. The summed E-state index contributed by atoms with van der Waals surface area (Å²) in [5.74, 6) is -2.00. The standard InChI is InChI=1S/C20H18F2N2O5S/c1-11-3-4-19(17(5-11)28-2)30(26,27)23-20(25)18-8-14-15(22)6-13(7-16(14)29-18)24-9-12(21)10-24/h3-8,12H,9-10H2,1-2H3,(H,23,25). The normalized spacial score (nSPS) is 14.6. The minimum absolute atomic E-state index is 0.0199. The van der Waals surface area contributed by atoms with Gasteiger partial charge >= 0.3 is 5.91 Å². The van der Waals surface area contributed by atoms with Crippen LogP contribution in [-0.4, -0.2) is 40.7 Å². The number of carbonyl (C=O) groups is 1. The maximum absolute atomic E-state index is 14.4. The van der Waals surface area contributed by atoms with Crippen molar-refractivity contribution in [3.8, 4) is 5.75 Å². The van der Waals surface area contributed by atoms with Crippen LogP contribution in [0.4, 0.5) is 14.5 Å². The molecule has 7 nitrogen and oxygen atoms in total. The quantitative estimate of drug-likeness (QED) is 0.661. The van der Waals surface area contributed by atoms with E-state index in [-0.39, 0.29) is 40.5 Å². The van der Waals surface area contributed by atoms with Gasteiger partial charge in [-0.1, -0.05) is 6.07 Å². The molecule has 0 atom stereocenters. The number of aryl methyl sites for hydroxylation is 1. The minimum atomic E-state index is -4.27. The fraction of sp³-hybridized carbons (Fsp3) is 0.250. The summed E-state index contributed by atoms with van der Waals surface area (Å²) in [5, 5.41) is 0.0199. The molecule has 1 amide bonds. The van der Waals surface area contributed by atoms with Crippen molar-refractivity contribution < 1.29 is 31.1 Å². The first-order chi connectivity index (χ1) is 14.2. The average Bonchev–Trinajstić information content (AvgIpc) is 3.09. The molecule has 0 radical (unpaired) electrons. The van der Waals surface area contributed by atoms with Crippen molar-refractivity contribution in [1.82, 2.24) is 4.72 Å². The van der Waals surface area contributed by atoms with Gasteiger partial charge in [-0.25, -0.2) is 21.9 Å². The molecule has 1 aliphatic rings. The highest BCUT2D eigenvalue weighted by molar-refractivity contribution is 7.90. The van der Waals surface area contributed by atoms with E-state index in [1.54, 1.807) is 17.9 Å². The van der Waals surface area contributed by atoms with Gasteiger partial charge < -0.3 is 14.1 Å². The summed E-state index contributed by atoms with van der Waals surface area (Å²) in [4.78, 5) is 13.9. The molecule has 4 rings (SSSR count). The number of alkyl halides is 1. The smallest absolute Gasteiger partial charge is 0.300 e. The summed E-state index contributed by atoms with van der Waals surface area (Å²) in [5.41, 5.74) is 1.26. The fourth-order valence-corrected chi connectivity index (χ4v) is 4.35. The van der Waals surface area contributed by atoms with E-state index >= 15 is 0 Å². The molecule has 2 aromatic carbocycles. The van der Waals surface area contributed by atoms with Gasteiger partial charge in [-0.05, 0) is 30.7 Å². The molecule has 30 heavy (non-hydrogen) atoms. The number of hydrogen-bond donors (Lipinski definition) is 1. The van der Waals surface area contributed by atoms with Gasteiger partial charge in [0.05, 0.1) is 25.6 Å². The lowest BCUT2D eigenvalue weighted by Crippen LogP contribution is -2.48. The summed E-state index contributed by atoms with van der Waals surface area (Å²) in [6.07, 6.45) is -0.967. The Kier molecular flexibility index (Phi) is 4.89. The summed E-state index contributed by atoms with van der Waals surface area (Å²) < 4.78 is 65.2. The van der Waals surface area contributed by atoms with Gasteiger partial charge in [-0.2, -0.15) is 0 Å². The molecule has 1 N–H and O–H groups in total. The Hall–Kier alpha value is -3.14. The number of benzene rings is 2. The average molecular weight is 436 g/mol. The first-order valence-electron chi connectivity index (χ1n) is 9.02. The third-order valence-electron chi connectivity index (χ3n) is 4.83. The zero-order valence-corrected chi connectivity index (χ0v) is 16.9. The predicted octanol–water partition coefficient (Wildman–Crippen LogP) is 3.17. The van der Waals surface area contributed by atoms with Crippen LogP contribution >= 0.6 is 0 Å². The number of anilines is 1. The van der Waals surface area contributed by atoms with E-state index in [0.717, 1.165) is 11.6 Å². The van der Waals surface area contributed by atoms with Gasteiger partial charge in [-0.15, -0.1) is 0 Å². The second-order valence-electron chi connectivity index (χ2n) is 7.04. The highest BCUT2D eigenvalue weighted by Crippen LogP contribution is 2.31. The van der Waals surface area contributed by atoms with E-state index in [1.165, 1.54) is 31.4 Å². The number of nitrogens with one attached hydrogen (secondary N) is 1. The number of sulfonamides is 1. The van der Waals surface area contributed by atoms with Gasteiger partial charge in [-0.3, -0.25) is 4.79 Å². The van der Waals surface area contributed by atoms with E-state index in [9.17, 15) is 22.0 Å². The number of nitrogens with zero attached hydrogens (tertiary/aromatic N) is 1. The van der Waals surface area contributed by atoms with E-state index in [4.69, 9.17) is 9.15 Å². The van der Waals surface area contributed by atoms with Crippen molar-refractivity contribution in [2.24, 2.45) is 0 Å². The van der Waals surface area contributed by atoms with E-state index in [0.29, 0.717) is 5.69 Å². The molecule has 158 valence electrons. The molecule has 1 saturated heterocycles. The Balaban J connectivity index is 1.62. The second kappa shape index (κ2) is 7.28. The first kappa shape index (κ1) is 20.1. The molecule has 3 aromatic rings. The summed E-state index contributed by atoms with van der Waals surface area (Å²) in [6.45, 7) is 2.06. The molecule has 1 fully saturated rings. The van der Waals surface area contributed by atoms with Crippen molar-refractivity contribution in [2.75, 3.05) is 25.1 Å². The van der Waals surface area contributed by atoms with Crippen molar-refractivity contribution >= 4 is 32.6 Å². The Morgan fingerprint density at radius 1 is 1.23 bits per heavy atom. The monoisotopic (exact) mass is 436 g/mol. The minimum Gasteiger partial charge on any atom is -0.495 e. The Morgan fingerprint density at radius 2 is 1.97 bits per heavy atom. The van der Waals surface area contributed by atoms with Crippen LogP contribution in [0.2, 0.25) is 0 Å². The number of rotatable bonds is 5. The molecule has 0 bridgehead atoms.